The smallest absolute Gasteiger partial charge is 0.0536 e. The Morgan fingerprint density at radius 2 is 2.38 bits per heavy atom. The van der Waals surface area contributed by atoms with E-state index in [2.05, 4.69) is 16.9 Å². The van der Waals surface area contributed by atoms with Gasteiger partial charge < -0.3 is 4.90 Å². The highest BCUT2D eigenvalue weighted by Gasteiger charge is 2.17. The molecule has 0 aliphatic carbocycles. The predicted octanol–water partition coefficient (Wildman–Crippen LogP) is 1.22. The number of likely N-dealkylation sites (tertiary alicyclic amines) is 1. The van der Waals surface area contributed by atoms with Gasteiger partial charge in [-0.3, -0.25) is 4.68 Å². The molecule has 1 aliphatic rings. The first-order valence-electron chi connectivity index (χ1n) is 5.04. The molecule has 1 aromatic rings. The molecule has 2 rings (SSSR count). The topological polar surface area (TPSA) is 21.1 Å². The molecule has 1 aromatic heterocycles. The van der Waals surface area contributed by atoms with E-state index in [9.17, 15) is 0 Å². The SMILES string of the molecule is C[C@H]1CCN(CCn2cccn2)C1. The fourth-order valence-electron chi connectivity index (χ4n) is 1.91. The van der Waals surface area contributed by atoms with Gasteiger partial charge in [-0.05, 0) is 24.9 Å². The number of hydrogen-bond donors (Lipinski definition) is 0. The van der Waals surface area contributed by atoms with Crippen LogP contribution < -0.4 is 0 Å². The normalized spacial score (nSPS) is 23.9. The molecule has 13 heavy (non-hydrogen) atoms. The Hall–Kier alpha value is -0.830. The maximum Gasteiger partial charge on any atom is 0.0536 e. The summed E-state index contributed by atoms with van der Waals surface area (Å²) in [7, 11) is 0. The Morgan fingerprint density at radius 3 is 3.00 bits per heavy atom. The third-order valence-electron chi connectivity index (χ3n) is 2.71. The molecule has 1 saturated heterocycles. The molecular formula is C10H17N3. The summed E-state index contributed by atoms with van der Waals surface area (Å²) < 4.78 is 2.00. The highest BCUT2D eigenvalue weighted by molar-refractivity contribution is 4.78. The van der Waals surface area contributed by atoms with Crippen molar-refractivity contribution >= 4 is 0 Å². The first kappa shape index (κ1) is 8.75. The Balaban J connectivity index is 1.74. The van der Waals surface area contributed by atoms with Crippen LogP contribution in [0.3, 0.4) is 0 Å². The molecule has 3 heteroatoms. The molecule has 1 aliphatic heterocycles. The fraction of sp³-hybridized carbons (Fsp3) is 0.700. The number of nitrogens with zero attached hydrogens (tertiary/aromatic N) is 3. The van der Waals surface area contributed by atoms with Crippen LogP contribution in [0.15, 0.2) is 18.5 Å². The Bertz CT molecular complexity index is 243. The van der Waals surface area contributed by atoms with Gasteiger partial charge in [-0.25, -0.2) is 0 Å². The van der Waals surface area contributed by atoms with Gasteiger partial charge in [0, 0.05) is 25.5 Å². The molecular weight excluding hydrogens is 162 g/mol. The molecule has 72 valence electrons. The van der Waals surface area contributed by atoms with E-state index in [1.54, 1.807) is 0 Å². The lowest BCUT2D eigenvalue weighted by molar-refractivity contribution is 0.306. The largest absolute Gasteiger partial charge is 0.301 e. The minimum absolute atomic E-state index is 0.887. The first-order chi connectivity index (χ1) is 6.34. The van der Waals surface area contributed by atoms with Gasteiger partial charge in [0.25, 0.3) is 0 Å². The van der Waals surface area contributed by atoms with Crippen LogP contribution in [0.2, 0.25) is 0 Å². The summed E-state index contributed by atoms with van der Waals surface area (Å²) in [5.74, 6) is 0.887. The van der Waals surface area contributed by atoms with Crippen LogP contribution in [0.4, 0.5) is 0 Å². The van der Waals surface area contributed by atoms with Crippen molar-refractivity contribution in [1.82, 2.24) is 14.7 Å². The Kier molecular flexibility index (Phi) is 2.64. The van der Waals surface area contributed by atoms with Crippen molar-refractivity contribution in [3.05, 3.63) is 18.5 Å². The summed E-state index contributed by atoms with van der Waals surface area (Å²) in [4.78, 5) is 2.52. The highest BCUT2D eigenvalue weighted by atomic mass is 15.3. The number of aromatic nitrogens is 2. The summed E-state index contributed by atoms with van der Waals surface area (Å²) >= 11 is 0. The number of hydrogen-bond acceptors (Lipinski definition) is 2. The van der Waals surface area contributed by atoms with Gasteiger partial charge in [0.2, 0.25) is 0 Å². The van der Waals surface area contributed by atoms with Crippen LogP contribution in [0.25, 0.3) is 0 Å². The quantitative estimate of drug-likeness (QED) is 0.695. The van der Waals surface area contributed by atoms with Crippen LogP contribution in [-0.2, 0) is 6.54 Å². The average molecular weight is 179 g/mol. The van der Waals surface area contributed by atoms with Gasteiger partial charge in [-0.15, -0.1) is 0 Å². The van der Waals surface area contributed by atoms with Crippen molar-refractivity contribution in [3.8, 4) is 0 Å². The maximum atomic E-state index is 4.19. The molecule has 3 nitrogen and oxygen atoms in total. The van der Waals surface area contributed by atoms with Crippen molar-refractivity contribution in [2.75, 3.05) is 19.6 Å². The van der Waals surface area contributed by atoms with E-state index in [0.717, 1.165) is 19.0 Å². The van der Waals surface area contributed by atoms with Crippen molar-refractivity contribution in [1.29, 1.82) is 0 Å². The monoisotopic (exact) mass is 179 g/mol. The van der Waals surface area contributed by atoms with E-state index < -0.39 is 0 Å². The molecule has 1 atom stereocenters. The first-order valence-corrected chi connectivity index (χ1v) is 5.04. The van der Waals surface area contributed by atoms with E-state index in [1.807, 2.05) is 23.1 Å². The third-order valence-corrected chi connectivity index (χ3v) is 2.71. The van der Waals surface area contributed by atoms with Crippen molar-refractivity contribution in [2.45, 2.75) is 19.9 Å². The fourth-order valence-corrected chi connectivity index (χ4v) is 1.91. The summed E-state index contributed by atoms with van der Waals surface area (Å²) in [6.45, 7) is 7.03. The summed E-state index contributed by atoms with van der Waals surface area (Å²) in [6, 6.07) is 1.98. The molecule has 0 unspecified atom stereocenters. The zero-order chi connectivity index (χ0) is 9.10. The van der Waals surface area contributed by atoms with Crippen molar-refractivity contribution < 1.29 is 0 Å². The van der Waals surface area contributed by atoms with E-state index in [4.69, 9.17) is 0 Å². The van der Waals surface area contributed by atoms with E-state index in [1.165, 1.54) is 19.5 Å². The summed E-state index contributed by atoms with van der Waals surface area (Å²) in [5, 5.41) is 4.19. The van der Waals surface area contributed by atoms with Crippen LogP contribution in [-0.4, -0.2) is 34.3 Å². The Labute approximate surface area is 79.3 Å². The summed E-state index contributed by atoms with van der Waals surface area (Å²) in [5.41, 5.74) is 0. The van der Waals surface area contributed by atoms with Crippen LogP contribution in [0.5, 0.6) is 0 Å². The van der Waals surface area contributed by atoms with Gasteiger partial charge in [0.15, 0.2) is 0 Å². The second-order valence-corrected chi connectivity index (χ2v) is 3.96. The highest BCUT2D eigenvalue weighted by Crippen LogP contribution is 2.14. The van der Waals surface area contributed by atoms with Gasteiger partial charge in [0.05, 0.1) is 6.54 Å². The van der Waals surface area contributed by atoms with Crippen LogP contribution in [0.1, 0.15) is 13.3 Å². The van der Waals surface area contributed by atoms with Gasteiger partial charge in [-0.1, -0.05) is 6.92 Å². The lowest BCUT2D eigenvalue weighted by atomic mass is 10.2. The molecule has 0 N–H and O–H groups in total. The minimum Gasteiger partial charge on any atom is -0.301 e. The third kappa shape index (κ3) is 2.31. The molecule has 1 fully saturated rings. The van der Waals surface area contributed by atoms with Crippen molar-refractivity contribution in [3.63, 3.8) is 0 Å². The van der Waals surface area contributed by atoms with Crippen LogP contribution >= 0.6 is 0 Å². The van der Waals surface area contributed by atoms with E-state index in [0.29, 0.717) is 0 Å². The minimum atomic E-state index is 0.887. The van der Waals surface area contributed by atoms with E-state index in [-0.39, 0.29) is 0 Å². The van der Waals surface area contributed by atoms with Gasteiger partial charge in [-0.2, -0.15) is 5.10 Å². The summed E-state index contributed by atoms with van der Waals surface area (Å²) in [6.07, 6.45) is 5.23. The molecule has 2 heterocycles. The molecule has 0 amide bonds. The zero-order valence-corrected chi connectivity index (χ0v) is 8.19. The number of rotatable bonds is 3. The lowest BCUT2D eigenvalue weighted by Crippen LogP contribution is -2.25. The standard InChI is InChI=1S/C10H17N3/c1-10-3-6-12(9-10)7-8-13-5-2-4-11-13/h2,4-5,10H,3,6-9H2,1H3/t10-/m0/s1. The molecule has 0 saturated carbocycles. The molecule has 0 spiro atoms. The molecule has 0 radical (unpaired) electrons. The lowest BCUT2D eigenvalue weighted by Gasteiger charge is -2.14. The zero-order valence-electron chi connectivity index (χ0n) is 8.19. The Morgan fingerprint density at radius 1 is 1.46 bits per heavy atom. The van der Waals surface area contributed by atoms with Crippen LogP contribution in [0, 0.1) is 5.92 Å². The molecule has 0 bridgehead atoms. The average Bonchev–Trinajstić information content (AvgIpc) is 2.71. The van der Waals surface area contributed by atoms with Gasteiger partial charge >= 0.3 is 0 Å². The second-order valence-electron chi connectivity index (χ2n) is 3.96. The second kappa shape index (κ2) is 3.92. The predicted molar refractivity (Wildman–Crippen MR) is 52.4 cm³/mol. The molecule has 0 aromatic carbocycles. The maximum absolute atomic E-state index is 4.19. The van der Waals surface area contributed by atoms with Crippen molar-refractivity contribution in [2.24, 2.45) is 5.92 Å². The van der Waals surface area contributed by atoms with Gasteiger partial charge in [0.1, 0.15) is 0 Å². The van der Waals surface area contributed by atoms with E-state index >= 15 is 0 Å².